The van der Waals surface area contributed by atoms with E-state index in [2.05, 4.69) is 10.2 Å². The Bertz CT molecular complexity index is 720. The zero-order valence-electron chi connectivity index (χ0n) is 13.2. The molecule has 5 nitrogen and oxygen atoms in total. The van der Waals surface area contributed by atoms with Gasteiger partial charge in [0.05, 0.1) is 0 Å². The number of rotatable bonds is 3. The van der Waals surface area contributed by atoms with Crippen molar-refractivity contribution in [1.29, 1.82) is 0 Å². The Morgan fingerprint density at radius 3 is 2.58 bits per heavy atom. The van der Waals surface area contributed by atoms with Crippen LogP contribution in [0.2, 0.25) is 0 Å². The van der Waals surface area contributed by atoms with E-state index in [1.54, 1.807) is 24.3 Å². The summed E-state index contributed by atoms with van der Waals surface area (Å²) in [7, 11) is 0. The van der Waals surface area contributed by atoms with Crippen LogP contribution in [0.15, 0.2) is 40.8 Å². The summed E-state index contributed by atoms with van der Waals surface area (Å²) < 4.78 is 23.7. The highest BCUT2D eigenvalue weighted by Crippen LogP contribution is 2.28. The molecule has 3 aliphatic heterocycles. The predicted octanol–water partition coefficient (Wildman–Crippen LogP) is 3.27. The Kier molecular flexibility index (Phi) is 3.98. The molecule has 1 aromatic heterocycles. The minimum Gasteiger partial charge on any atom is -0.425 e. The van der Waals surface area contributed by atoms with E-state index in [-0.39, 0.29) is 17.8 Å². The van der Waals surface area contributed by atoms with Crippen molar-refractivity contribution in [3.8, 4) is 17.3 Å². The smallest absolute Gasteiger partial charge is 0.415 e. The van der Waals surface area contributed by atoms with Crippen LogP contribution < -0.4 is 10.1 Å². The Morgan fingerprint density at radius 1 is 1.17 bits per heavy atom. The summed E-state index contributed by atoms with van der Waals surface area (Å²) in [6.45, 7) is 3.13. The number of nitrogens with one attached hydrogen (secondary N) is 1. The van der Waals surface area contributed by atoms with Gasteiger partial charge >= 0.3 is 6.09 Å². The molecule has 3 saturated heterocycles. The topological polar surface area (TPSA) is 54.7 Å². The molecular formula is C18H19FN2O3. The van der Waals surface area contributed by atoms with Crippen molar-refractivity contribution < 1.29 is 18.3 Å². The van der Waals surface area contributed by atoms with E-state index in [0.717, 1.165) is 38.0 Å². The Morgan fingerprint density at radius 2 is 1.92 bits per heavy atom. The number of carbonyl (C=O) groups excluding carboxylic acids is 1. The summed E-state index contributed by atoms with van der Waals surface area (Å²) in [6, 6.07) is 9.39. The Balaban J connectivity index is 1.37. The number of hydrogen-bond donors (Lipinski definition) is 1. The maximum Gasteiger partial charge on any atom is 0.415 e. The molecule has 5 rings (SSSR count). The molecule has 2 bridgehead atoms. The number of nitrogens with zero attached hydrogens (tertiary/aromatic N) is 1. The molecule has 0 saturated carbocycles. The number of amides is 1. The minimum atomic E-state index is -0.492. The van der Waals surface area contributed by atoms with Crippen molar-refractivity contribution in [3.05, 3.63) is 42.2 Å². The lowest BCUT2D eigenvalue weighted by atomic mass is 9.84. The first-order chi connectivity index (χ1) is 11.7. The molecule has 6 heteroatoms. The molecule has 0 aliphatic carbocycles. The van der Waals surface area contributed by atoms with Crippen molar-refractivity contribution in [2.24, 2.45) is 5.92 Å². The van der Waals surface area contributed by atoms with Crippen LogP contribution in [0.4, 0.5) is 9.18 Å². The SMILES string of the molecule is O=C(N[C@H]1CN2CCC1CC2)Oc1ccc(-c2ccc(F)cc2)o1. The van der Waals surface area contributed by atoms with E-state index < -0.39 is 6.09 Å². The molecule has 3 fully saturated rings. The first-order valence-corrected chi connectivity index (χ1v) is 8.24. The Hall–Kier alpha value is -2.34. The van der Waals surface area contributed by atoms with Crippen molar-refractivity contribution in [2.45, 2.75) is 18.9 Å². The standard InChI is InChI=1S/C18H19FN2O3/c19-14-3-1-13(2-4-14)16-5-6-17(23-16)24-18(22)20-15-11-21-9-7-12(15)8-10-21/h1-6,12,15H,7-11H2,(H,20,22)/t15-/m0/s1. The van der Waals surface area contributed by atoms with Gasteiger partial charge < -0.3 is 19.4 Å². The molecular weight excluding hydrogens is 311 g/mol. The molecule has 24 heavy (non-hydrogen) atoms. The molecule has 126 valence electrons. The number of fused-ring (bicyclic) bond motifs is 3. The highest BCUT2D eigenvalue weighted by molar-refractivity contribution is 5.70. The van der Waals surface area contributed by atoms with Gasteiger partial charge in [-0.25, -0.2) is 9.18 Å². The van der Waals surface area contributed by atoms with Gasteiger partial charge in [0, 0.05) is 24.2 Å². The van der Waals surface area contributed by atoms with E-state index in [9.17, 15) is 9.18 Å². The van der Waals surface area contributed by atoms with E-state index >= 15 is 0 Å². The molecule has 4 heterocycles. The zero-order chi connectivity index (χ0) is 16.5. The van der Waals surface area contributed by atoms with Crippen LogP contribution in [0.25, 0.3) is 11.3 Å². The maximum atomic E-state index is 13.0. The summed E-state index contributed by atoms with van der Waals surface area (Å²) in [5, 5.41) is 2.94. The lowest BCUT2D eigenvalue weighted by molar-refractivity contribution is 0.0715. The molecule has 0 spiro atoms. The van der Waals surface area contributed by atoms with Crippen LogP contribution >= 0.6 is 0 Å². The fraction of sp³-hybridized carbons (Fsp3) is 0.389. The van der Waals surface area contributed by atoms with Crippen molar-refractivity contribution in [3.63, 3.8) is 0 Å². The van der Waals surface area contributed by atoms with Crippen molar-refractivity contribution in [2.75, 3.05) is 19.6 Å². The van der Waals surface area contributed by atoms with E-state index in [0.29, 0.717) is 11.7 Å². The number of halogens is 1. The number of piperidine rings is 3. The second kappa shape index (κ2) is 6.28. The molecule has 0 unspecified atom stereocenters. The van der Waals surface area contributed by atoms with Crippen LogP contribution in [-0.4, -0.2) is 36.7 Å². The van der Waals surface area contributed by atoms with Crippen LogP contribution in [0, 0.1) is 11.7 Å². The summed E-state index contributed by atoms with van der Waals surface area (Å²) >= 11 is 0. The van der Waals surface area contributed by atoms with E-state index in [1.165, 1.54) is 12.1 Å². The summed E-state index contributed by atoms with van der Waals surface area (Å²) in [5.74, 6) is 0.890. The molecule has 1 N–H and O–H groups in total. The number of furan rings is 1. The van der Waals surface area contributed by atoms with Crippen LogP contribution in [0.5, 0.6) is 5.95 Å². The first kappa shape index (κ1) is 15.2. The number of hydrogen-bond acceptors (Lipinski definition) is 4. The van der Waals surface area contributed by atoms with Gasteiger partial charge in [0.2, 0.25) is 0 Å². The number of ether oxygens (including phenoxy) is 1. The van der Waals surface area contributed by atoms with Gasteiger partial charge in [0.1, 0.15) is 11.6 Å². The molecule has 1 aromatic carbocycles. The number of carbonyl (C=O) groups is 1. The molecule has 0 radical (unpaired) electrons. The third kappa shape index (κ3) is 3.14. The summed E-state index contributed by atoms with van der Waals surface area (Å²) in [5.41, 5.74) is 0.726. The van der Waals surface area contributed by atoms with Gasteiger partial charge in [-0.2, -0.15) is 0 Å². The highest BCUT2D eigenvalue weighted by atomic mass is 19.1. The third-order valence-corrected chi connectivity index (χ3v) is 4.86. The van der Waals surface area contributed by atoms with Crippen molar-refractivity contribution >= 4 is 6.09 Å². The van der Waals surface area contributed by atoms with Gasteiger partial charge in [0.25, 0.3) is 5.95 Å². The fourth-order valence-corrected chi connectivity index (χ4v) is 3.55. The molecule has 3 aliphatic rings. The lowest BCUT2D eigenvalue weighted by Crippen LogP contribution is -2.57. The molecule has 1 atom stereocenters. The second-order valence-corrected chi connectivity index (χ2v) is 6.40. The maximum absolute atomic E-state index is 13.0. The minimum absolute atomic E-state index is 0.133. The fourth-order valence-electron chi connectivity index (χ4n) is 3.55. The van der Waals surface area contributed by atoms with Gasteiger partial charge in [-0.15, -0.1) is 0 Å². The van der Waals surface area contributed by atoms with Crippen LogP contribution in [0.1, 0.15) is 12.8 Å². The van der Waals surface area contributed by atoms with Gasteiger partial charge in [0.15, 0.2) is 0 Å². The number of benzene rings is 1. The summed E-state index contributed by atoms with van der Waals surface area (Å²) in [6.07, 6.45) is 1.76. The third-order valence-electron chi connectivity index (χ3n) is 4.86. The lowest BCUT2D eigenvalue weighted by Gasteiger charge is -2.44. The quantitative estimate of drug-likeness (QED) is 0.938. The zero-order valence-corrected chi connectivity index (χ0v) is 13.2. The Labute approximate surface area is 139 Å². The average molecular weight is 330 g/mol. The van der Waals surface area contributed by atoms with E-state index in [4.69, 9.17) is 9.15 Å². The molecule has 1 amide bonds. The van der Waals surface area contributed by atoms with Crippen LogP contribution in [0.3, 0.4) is 0 Å². The van der Waals surface area contributed by atoms with Gasteiger partial charge in [-0.1, -0.05) is 0 Å². The highest BCUT2D eigenvalue weighted by Gasteiger charge is 2.35. The predicted molar refractivity (Wildman–Crippen MR) is 86.2 cm³/mol. The first-order valence-electron chi connectivity index (χ1n) is 8.24. The average Bonchev–Trinajstić information content (AvgIpc) is 3.05. The van der Waals surface area contributed by atoms with E-state index in [1.807, 2.05) is 0 Å². The normalized spacial score (nSPS) is 25.5. The van der Waals surface area contributed by atoms with Crippen LogP contribution in [-0.2, 0) is 0 Å². The monoisotopic (exact) mass is 330 g/mol. The molecule has 2 aromatic rings. The largest absolute Gasteiger partial charge is 0.425 e. The summed E-state index contributed by atoms with van der Waals surface area (Å²) in [4.78, 5) is 14.5. The van der Waals surface area contributed by atoms with Crippen molar-refractivity contribution in [1.82, 2.24) is 10.2 Å². The second-order valence-electron chi connectivity index (χ2n) is 6.40. The van der Waals surface area contributed by atoms with Gasteiger partial charge in [-0.3, -0.25) is 0 Å². The van der Waals surface area contributed by atoms with Gasteiger partial charge in [-0.05, 0) is 62.2 Å².